The zero-order chi connectivity index (χ0) is 20.4. The van der Waals surface area contributed by atoms with Gasteiger partial charge in [0.2, 0.25) is 0 Å². The predicted molar refractivity (Wildman–Crippen MR) is 118 cm³/mol. The van der Waals surface area contributed by atoms with Crippen molar-refractivity contribution in [1.29, 1.82) is 0 Å². The van der Waals surface area contributed by atoms with Gasteiger partial charge in [-0.1, -0.05) is 6.92 Å². The van der Waals surface area contributed by atoms with E-state index in [1.807, 2.05) is 0 Å². The number of hydrogen-bond donors (Lipinski definition) is 2. The molecule has 2 saturated heterocycles. The summed E-state index contributed by atoms with van der Waals surface area (Å²) in [5, 5.41) is 6.97. The summed E-state index contributed by atoms with van der Waals surface area (Å²) in [5.41, 5.74) is 0. The summed E-state index contributed by atoms with van der Waals surface area (Å²) in [4.78, 5) is 9.61. The number of rotatable bonds is 9. The molecule has 7 nitrogen and oxygen atoms in total. The van der Waals surface area contributed by atoms with Gasteiger partial charge in [-0.05, 0) is 64.6 Å². The Morgan fingerprint density at radius 2 is 1.68 bits per heavy atom. The van der Waals surface area contributed by atoms with Gasteiger partial charge in [0.1, 0.15) is 9.84 Å². The molecule has 0 aromatic carbocycles. The number of piperidine rings is 2. The molecule has 0 aromatic heterocycles. The molecule has 2 rings (SSSR count). The highest BCUT2D eigenvalue weighted by Crippen LogP contribution is 2.20. The Kier molecular flexibility index (Phi) is 10.0. The van der Waals surface area contributed by atoms with E-state index in [-0.39, 0.29) is 5.75 Å². The van der Waals surface area contributed by atoms with Crippen LogP contribution in [0, 0.1) is 5.92 Å². The second-order valence-electron chi connectivity index (χ2n) is 8.32. The zero-order valence-corrected chi connectivity index (χ0v) is 18.9. The molecule has 0 atom stereocenters. The van der Waals surface area contributed by atoms with E-state index in [2.05, 4.69) is 34.3 Å². The van der Waals surface area contributed by atoms with E-state index in [0.717, 1.165) is 50.9 Å². The van der Waals surface area contributed by atoms with E-state index >= 15 is 0 Å². The van der Waals surface area contributed by atoms with Crippen molar-refractivity contribution in [2.45, 2.75) is 52.0 Å². The minimum Gasteiger partial charge on any atom is -0.357 e. The molecule has 0 saturated carbocycles. The maximum atomic E-state index is 11.3. The second kappa shape index (κ2) is 12.0. The third-order valence-electron chi connectivity index (χ3n) is 6.01. The largest absolute Gasteiger partial charge is 0.357 e. The van der Waals surface area contributed by atoms with Gasteiger partial charge in [0.05, 0.1) is 5.75 Å². The van der Waals surface area contributed by atoms with Crippen molar-refractivity contribution in [3.8, 4) is 0 Å². The van der Waals surface area contributed by atoms with Crippen LogP contribution in [-0.2, 0) is 9.84 Å². The lowest BCUT2D eigenvalue weighted by Gasteiger charge is -2.33. The van der Waals surface area contributed by atoms with E-state index in [1.54, 1.807) is 0 Å². The molecule has 0 aliphatic carbocycles. The van der Waals surface area contributed by atoms with Crippen LogP contribution in [0.3, 0.4) is 0 Å². The van der Waals surface area contributed by atoms with Crippen molar-refractivity contribution in [3.63, 3.8) is 0 Å². The third-order valence-corrected chi connectivity index (χ3v) is 6.94. The van der Waals surface area contributed by atoms with Gasteiger partial charge >= 0.3 is 0 Å². The summed E-state index contributed by atoms with van der Waals surface area (Å²) in [6.07, 6.45) is 7.16. The van der Waals surface area contributed by atoms with Crippen molar-refractivity contribution in [2.24, 2.45) is 10.9 Å². The van der Waals surface area contributed by atoms with E-state index < -0.39 is 9.84 Å². The smallest absolute Gasteiger partial charge is 0.191 e. The molecule has 8 heteroatoms. The maximum absolute atomic E-state index is 11.3. The molecule has 0 unspecified atom stereocenters. The highest BCUT2D eigenvalue weighted by Gasteiger charge is 2.21. The standard InChI is InChI=1S/C20H41N5O2S/c1-4-21-20(22-11-6-18-7-12-24(5-2)13-8-18)23-19-9-14-25(15-10-19)16-17-28(3,26)27/h18-19H,4-17H2,1-3H3,(H2,21,22,23). The molecule has 28 heavy (non-hydrogen) atoms. The average Bonchev–Trinajstić information content (AvgIpc) is 2.67. The summed E-state index contributed by atoms with van der Waals surface area (Å²) in [7, 11) is -2.88. The normalized spacial score (nSPS) is 21.8. The molecule has 164 valence electrons. The van der Waals surface area contributed by atoms with Crippen LogP contribution in [0.5, 0.6) is 0 Å². The Morgan fingerprint density at radius 1 is 1.04 bits per heavy atom. The van der Waals surface area contributed by atoms with Crippen molar-refractivity contribution in [2.75, 3.05) is 64.4 Å². The average molecular weight is 416 g/mol. The minimum atomic E-state index is -2.88. The van der Waals surface area contributed by atoms with E-state index in [0.29, 0.717) is 12.6 Å². The van der Waals surface area contributed by atoms with Crippen LogP contribution in [0.2, 0.25) is 0 Å². The van der Waals surface area contributed by atoms with E-state index in [9.17, 15) is 8.42 Å². The highest BCUT2D eigenvalue weighted by atomic mass is 32.2. The summed E-state index contributed by atoms with van der Waals surface area (Å²) in [5.74, 6) is 2.00. The minimum absolute atomic E-state index is 0.256. The molecule has 2 aliphatic heterocycles. The zero-order valence-electron chi connectivity index (χ0n) is 18.1. The SMILES string of the molecule is CCNC(=NCCC1CCN(CC)CC1)NC1CCN(CCS(C)(=O)=O)CC1. The lowest BCUT2D eigenvalue weighted by molar-refractivity contribution is 0.188. The van der Waals surface area contributed by atoms with Gasteiger partial charge < -0.3 is 20.4 Å². The Balaban J connectivity index is 1.70. The number of nitrogens with zero attached hydrogens (tertiary/aromatic N) is 3. The van der Waals surface area contributed by atoms with Crippen LogP contribution in [0.4, 0.5) is 0 Å². The van der Waals surface area contributed by atoms with Gasteiger partial charge in [-0.25, -0.2) is 8.42 Å². The van der Waals surface area contributed by atoms with Crippen LogP contribution in [0.15, 0.2) is 4.99 Å². The van der Waals surface area contributed by atoms with Crippen LogP contribution in [0.1, 0.15) is 46.0 Å². The summed E-state index contributed by atoms with van der Waals surface area (Å²) in [6, 6.07) is 0.417. The monoisotopic (exact) mass is 415 g/mol. The van der Waals surface area contributed by atoms with Crippen molar-refractivity contribution < 1.29 is 8.42 Å². The first kappa shape index (κ1) is 23.4. The first-order chi connectivity index (χ1) is 13.4. The van der Waals surface area contributed by atoms with Crippen LogP contribution in [0.25, 0.3) is 0 Å². The van der Waals surface area contributed by atoms with Gasteiger partial charge in [0, 0.05) is 45.0 Å². The molecular weight excluding hydrogens is 374 g/mol. The quantitative estimate of drug-likeness (QED) is 0.435. The molecule has 0 aromatic rings. The molecule has 0 spiro atoms. The Morgan fingerprint density at radius 3 is 2.25 bits per heavy atom. The predicted octanol–water partition coefficient (Wildman–Crippen LogP) is 1.17. The van der Waals surface area contributed by atoms with E-state index in [4.69, 9.17) is 4.99 Å². The van der Waals surface area contributed by atoms with Crippen LogP contribution < -0.4 is 10.6 Å². The lowest BCUT2D eigenvalue weighted by Crippen LogP contribution is -2.49. The Hall–Kier alpha value is -0.860. The van der Waals surface area contributed by atoms with Gasteiger partial charge in [-0.2, -0.15) is 0 Å². The first-order valence-electron chi connectivity index (χ1n) is 11.1. The molecule has 0 bridgehead atoms. The Bertz CT molecular complexity index is 565. The van der Waals surface area contributed by atoms with Crippen LogP contribution >= 0.6 is 0 Å². The number of aliphatic imine (C=N–C) groups is 1. The van der Waals surface area contributed by atoms with Crippen LogP contribution in [-0.4, -0.2) is 94.6 Å². The molecule has 0 amide bonds. The summed E-state index contributed by atoms with van der Waals surface area (Å²) in [6.45, 7) is 12.3. The van der Waals surface area contributed by atoms with Crippen molar-refractivity contribution in [3.05, 3.63) is 0 Å². The Labute approximate surface area is 172 Å². The first-order valence-corrected chi connectivity index (χ1v) is 13.1. The van der Waals surface area contributed by atoms with Crippen molar-refractivity contribution in [1.82, 2.24) is 20.4 Å². The van der Waals surface area contributed by atoms with E-state index in [1.165, 1.54) is 45.2 Å². The number of nitrogens with one attached hydrogen (secondary N) is 2. The molecule has 2 aliphatic rings. The maximum Gasteiger partial charge on any atom is 0.191 e. The van der Waals surface area contributed by atoms with Gasteiger partial charge in [-0.15, -0.1) is 0 Å². The van der Waals surface area contributed by atoms with Gasteiger partial charge in [-0.3, -0.25) is 4.99 Å². The lowest BCUT2D eigenvalue weighted by atomic mass is 9.94. The summed E-state index contributed by atoms with van der Waals surface area (Å²) >= 11 is 0. The fourth-order valence-corrected chi connectivity index (χ4v) is 4.65. The molecular formula is C20H41N5O2S. The van der Waals surface area contributed by atoms with Crippen molar-refractivity contribution >= 4 is 15.8 Å². The number of hydrogen-bond acceptors (Lipinski definition) is 5. The highest BCUT2D eigenvalue weighted by molar-refractivity contribution is 7.90. The fraction of sp³-hybridized carbons (Fsp3) is 0.950. The second-order valence-corrected chi connectivity index (χ2v) is 10.6. The molecule has 2 heterocycles. The number of likely N-dealkylation sites (tertiary alicyclic amines) is 2. The molecule has 2 N–H and O–H groups in total. The van der Waals surface area contributed by atoms with Gasteiger partial charge in [0.15, 0.2) is 5.96 Å². The molecule has 2 fully saturated rings. The summed E-state index contributed by atoms with van der Waals surface area (Å²) < 4.78 is 22.7. The third kappa shape index (κ3) is 9.09. The topological polar surface area (TPSA) is 77.0 Å². The van der Waals surface area contributed by atoms with Gasteiger partial charge in [0.25, 0.3) is 0 Å². The number of sulfone groups is 1. The number of guanidine groups is 1. The fourth-order valence-electron chi connectivity index (χ4n) is 4.06. The molecule has 0 radical (unpaired) electrons.